The van der Waals surface area contributed by atoms with Crippen LogP contribution in [0.25, 0.3) is 0 Å². The Hall–Kier alpha value is -0.530. The van der Waals surface area contributed by atoms with Gasteiger partial charge in [-0.3, -0.25) is 4.79 Å². The van der Waals surface area contributed by atoms with Crippen LogP contribution in [-0.2, 0) is 4.79 Å². The van der Waals surface area contributed by atoms with Crippen molar-refractivity contribution in [3.8, 4) is 0 Å². The lowest BCUT2D eigenvalue weighted by atomic mass is 9.97. The van der Waals surface area contributed by atoms with Crippen molar-refractivity contribution in [2.75, 3.05) is 0 Å². The van der Waals surface area contributed by atoms with Crippen molar-refractivity contribution in [2.45, 2.75) is 32.7 Å². The first-order chi connectivity index (χ1) is 4.20. The van der Waals surface area contributed by atoms with Crippen LogP contribution in [0.15, 0.2) is 0 Å². The van der Waals surface area contributed by atoms with Crippen molar-refractivity contribution >= 4 is 5.91 Å². The second-order valence-corrected chi connectivity index (χ2v) is 2.89. The molecule has 52 valence electrons. The van der Waals surface area contributed by atoms with Gasteiger partial charge in [0.1, 0.15) is 0 Å². The van der Waals surface area contributed by atoms with Gasteiger partial charge in [0.2, 0.25) is 5.91 Å². The van der Waals surface area contributed by atoms with Crippen molar-refractivity contribution < 1.29 is 4.79 Å². The Labute approximate surface area is 55.6 Å². The highest BCUT2D eigenvalue weighted by atomic mass is 16.2. The topological polar surface area (TPSA) is 29.1 Å². The highest BCUT2D eigenvalue weighted by Gasteiger charge is 2.20. The van der Waals surface area contributed by atoms with E-state index in [-0.39, 0.29) is 11.8 Å². The van der Waals surface area contributed by atoms with E-state index in [1.165, 1.54) is 0 Å². The lowest BCUT2D eigenvalue weighted by Gasteiger charge is -2.23. The maximum Gasteiger partial charge on any atom is 0.223 e. The lowest BCUT2D eigenvalue weighted by molar-refractivity contribution is -0.127. The van der Waals surface area contributed by atoms with Gasteiger partial charge in [-0.05, 0) is 19.8 Å². The van der Waals surface area contributed by atoms with Gasteiger partial charge >= 0.3 is 0 Å². The van der Waals surface area contributed by atoms with Crippen LogP contribution in [0.1, 0.15) is 26.7 Å². The first-order valence-corrected chi connectivity index (χ1v) is 3.50. The third-order valence-electron chi connectivity index (χ3n) is 1.87. The number of piperidine rings is 1. The minimum atomic E-state index is 0.216. The molecular formula is C7H13NO. The molecular weight excluding hydrogens is 114 g/mol. The second kappa shape index (κ2) is 2.38. The molecule has 1 fully saturated rings. The molecule has 2 atom stereocenters. The summed E-state index contributed by atoms with van der Waals surface area (Å²) in [6.45, 7) is 4.02. The van der Waals surface area contributed by atoms with E-state index in [0.717, 1.165) is 12.8 Å². The van der Waals surface area contributed by atoms with Gasteiger partial charge < -0.3 is 5.32 Å². The normalized spacial score (nSPS) is 36.0. The van der Waals surface area contributed by atoms with Gasteiger partial charge in [0, 0.05) is 12.0 Å². The zero-order valence-electron chi connectivity index (χ0n) is 5.98. The van der Waals surface area contributed by atoms with Crippen LogP contribution in [0.4, 0.5) is 0 Å². The Morgan fingerprint density at radius 2 is 2.11 bits per heavy atom. The Balaban J connectivity index is 2.44. The largest absolute Gasteiger partial charge is 0.353 e. The van der Waals surface area contributed by atoms with E-state index in [1.54, 1.807) is 0 Å². The van der Waals surface area contributed by atoms with Crippen molar-refractivity contribution in [1.82, 2.24) is 5.32 Å². The van der Waals surface area contributed by atoms with Crippen molar-refractivity contribution in [3.63, 3.8) is 0 Å². The van der Waals surface area contributed by atoms with Gasteiger partial charge in [-0.2, -0.15) is 0 Å². The summed E-state index contributed by atoms with van der Waals surface area (Å²) in [7, 11) is 0. The Morgan fingerprint density at radius 3 is 2.56 bits per heavy atom. The molecule has 0 aromatic rings. The van der Waals surface area contributed by atoms with Gasteiger partial charge in [-0.15, -0.1) is 0 Å². The summed E-state index contributed by atoms with van der Waals surface area (Å²) in [5, 5.41) is 2.89. The number of amides is 1. The third-order valence-corrected chi connectivity index (χ3v) is 1.87. The average Bonchev–Trinajstić information content (AvgIpc) is 1.80. The van der Waals surface area contributed by atoms with E-state index < -0.39 is 0 Å². The molecule has 0 aliphatic carbocycles. The van der Waals surface area contributed by atoms with E-state index in [1.807, 2.05) is 13.8 Å². The van der Waals surface area contributed by atoms with Crippen LogP contribution in [0.3, 0.4) is 0 Å². The van der Waals surface area contributed by atoms with Crippen LogP contribution < -0.4 is 5.32 Å². The standard InChI is InChI=1S/C7H13NO/c1-5-3-4-6(2)8-7(5)9/h5-6H,3-4H2,1-2H3,(H,8,9)/t5-,6+/m1/s1. The monoisotopic (exact) mass is 127 g/mol. The molecule has 1 N–H and O–H groups in total. The summed E-state index contributed by atoms with van der Waals surface area (Å²) >= 11 is 0. The van der Waals surface area contributed by atoms with Crippen LogP contribution >= 0.6 is 0 Å². The van der Waals surface area contributed by atoms with E-state index in [2.05, 4.69) is 5.32 Å². The van der Waals surface area contributed by atoms with Gasteiger partial charge in [0.05, 0.1) is 0 Å². The summed E-state index contributed by atoms with van der Waals surface area (Å²) in [5.74, 6) is 0.454. The van der Waals surface area contributed by atoms with Gasteiger partial charge in [-0.25, -0.2) is 0 Å². The molecule has 0 aromatic heterocycles. The SMILES string of the molecule is C[C@@H]1CC[C@H](C)NC1=O. The molecule has 1 rings (SSSR count). The summed E-state index contributed by atoms with van der Waals surface area (Å²) in [6, 6.07) is 0.397. The number of carbonyl (C=O) groups is 1. The molecule has 1 saturated heterocycles. The fourth-order valence-corrected chi connectivity index (χ4v) is 1.09. The molecule has 1 aliphatic heterocycles. The van der Waals surface area contributed by atoms with E-state index in [0.29, 0.717) is 6.04 Å². The first-order valence-electron chi connectivity index (χ1n) is 3.50. The molecule has 1 heterocycles. The molecule has 0 bridgehead atoms. The maximum absolute atomic E-state index is 10.9. The number of carbonyl (C=O) groups excluding carboxylic acids is 1. The predicted molar refractivity (Wildman–Crippen MR) is 36.0 cm³/mol. The maximum atomic E-state index is 10.9. The molecule has 0 spiro atoms. The van der Waals surface area contributed by atoms with E-state index in [9.17, 15) is 4.79 Å². The summed E-state index contributed by atoms with van der Waals surface area (Å²) < 4.78 is 0. The third kappa shape index (κ3) is 1.44. The molecule has 9 heavy (non-hydrogen) atoms. The predicted octanol–water partition coefficient (Wildman–Crippen LogP) is 0.921. The minimum absolute atomic E-state index is 0.216. The molecule has 0 unspecified atom stereocenters. The number of nitrogens with one attached hydrogen (secondary N) is 1. The minimum Gasteiger partial charge on any atom is -0.353 e. The first kappa shape index (κ1) is 6.59. The molecule has 2 heteroatoms. The van der Waals surface area contributed by atoms with Crippen molar-refractivity contribution in [3.05, 3.63) is 0 Å². The van der Waals surface area contributed by atoms with Gasteiger partial charge in [-0.1, -0.05) is 6.92 Å². The molecule has 1 aliphatic rings. The van der Waals surface area contributed by atoms with Gasteiger partial charge in [0.25, 0.3) is 0 Å². The quantitative estimate of drug-likeness (QED) is 0.515. The molecule has 0 aromatic carbocycles. The summed E-state index contributed by atoms with van der Waals surface area (Å²) in [5.41, 5.74) is 0. The summed E-state index contributed by atoms with van der Waals surface area (Å²) in [6.07, 6.45) is 2.18. The Bertz CT molecular complexity index is 122. The zero-order valence-corrected chi connectivity index (χ0v) is 5.98. The number of hydrogen-bond donors (Lipinski definition) is 1. The summed E-state index contributed by atoms with van der Waals surface area (Å²) in [4.78, 5) is 10.9. The fraction of sp³-hybridized carbons (Fsp3) is 0.857. The van der Waals surface area contributed by atoms with Crippen LogP contribution in [0.5, 0.6) is 0 Å². The highest BCUT2D eigenvalue weighted by molar-refractivity contribution is 5.79. The van der Waals surface area contributed by atoms with Crippen LogP contribution in [0.2, 0.25) is 0 Å². The molecule has 0 radical (unpaired) electrons. The van der Waals surface area contributed by atoms with Crippen molar-refractivity contribution in [1.29, 1.82) is 0 Å². The molecule has 2 nitrogen and oxygen atoms in total. The molecule has 0 saturated carbocycles. The second-order valence-electron chi connectivity index (χ2n) is 2.89. The average molecular weight is 127 g/mol. The number of rotatable bonds is 0. The van der Waals surface area contributed by atoms with Crippen LogP contribution in [-0.4, -0.2) is 11.9 Å². The van der Waals surface area contributed by atoms with Crippen LogP contribution in [0, 0.1) is 5.92 Å². The smallest absolute Gasteiger partial charge is 0.223 e. The van der Waals surface area contributed by atoms with Crippen molar-refractivity contribution in [2.24, 2.45) is 5.92 Å². The highest BCUT2D eigenvalue weighted by Crippen LogP contribution is 2.13. The fourth-order valence-electron chi connectivity index (χ4n) is 1.09. The van der Waals surface area contributed by atoms with Gasteiger partial charge in [0.15, 0.2) is 0 Å². The Kier molecular flexibility index (Phi) is 1.74. The number of hydrogen-bond acceptors (Lipinski definition) is 1. The molecule has 1 amide bonds. The Morgan fingerprint density at radius 1 is 1.44 bits per heavy atom. The van der Waals surface area contributed by atoms with E-state index >= 15 is 0 Å². The zero-order chi connectivity index (χ0) is 6.85. The van der Waals surface area contributed by atoms with E-state index in [4.69, 9.17) is 0 Å². The lowest BCUT2D eigenvalue weighted by Crippen LogP contribution is -2.41.